The number of nitrogens with one attached hydrogen (secondary N) is 3. The van der Waals surface area contributed by atoms with Crippen molar-refractivity contribution in [3.63, 3.8) is 0 Å². The van der Waals surface area contributed by atoms with E-state index in [2.05, 4.69) is 21.4 Å². The first-order valence-corrected chi connectivity index (χ1v) is 3.81. The minimum Gasteiger partial charge on any atom is -0.364 e. The minimum absolute atomic E-state index is 0.299. The summed E-state index contributed by atoms with van der Waals surface area (Å²) in [5.74, 6) is -0.513. The molecule has 0 saturated carbocycles. The molecule has 0 aromatic carbocycles. The molecule has 0 spiro atoms. The van der Waals surface area contributed by atoms with Crippen LogP contribution in [0.2, 0.25) is 0 Å². The number of primary amides is 1. The van der Waals surface area contributed by atoms with Gasteiger partial charge >= 0.3 is 0 Å². The van der Waals surface area contributed by atoms with Gasteiger partial charge in [0.05, 0.1) is 11.9 Å². The van der Waals surface area contributed by atoms with Crippen LogP contribution in [0.15, 0.2) is 28.5 Å². The molecule has 0 atom stereocenters. The third-order valence-electron chi connectivity index (χ3n) is 1.80. The maximum absolute atomic E-state index is 10.9. The smallest absolute Gasteiger partial charge is 0.267 e. The van der Waals surface area contributed by atoms with Gasteiger partial charge in [0.1, 0.15) is 5.71 Å². The van der Waals surface area contributed by atoms with Gasteiger partial charge in [-0.3, -0.25) is 4.79 Å². The largest absolute Gasteiger partial charge is 0.364 e. The first-order chi connectivity index (χ1) is 6.29. The number of nitrogens with zero attached hydrogens (tertiary/aromatic N) is 1. The van der Waals surface area contributed by atoms with E-state index < -0.39 is 5.91 Å². The van der Waals surface area contributed by atoms with Crippen LogP contribution in [0.25, 0.3) is 0 Å². The summed E-state index contributed by atoms with van der Waals surface area (Å²) in [6.45, 7) is 0.603. The van der Waals surface area contributed by atoms with E-state index in [-0.39, 0.29) is 0 Å². The third kappa shape index (κ3) is 1.32. The average molecular weight is 179 g/mol. The topological polar surface area (TPSA) is 91.5 Å². The van der Waals surface area contributed by atoms with E-state index >= 15 is 0 Å². The molecule has 0 aromatic heterocycles. The van der Waals surface area contributed by atoms with Crippen LogP contribution in [0, 0.1) is 0 Å². The highest BCUT2D eigenvalue weighted by Crippen LogP contribution is 2.16. The molecule has 0 fully saturated rings. The van der Waals surface area contributed by atoms with Crippen LogP contribution in [0.1, 0.15) is 0 Å². The van der Waals surface area contributed by atoms with Crippen LogP contribution in [0.4, 0.5) is 0 Å². The Morgan fingerprint density at radius 1 is 1.62 bits per heavy atom. The van der Waals surface area contributed by atoms with Gasteiger partial charge < -0.3 is 11.2 Å². The Labute approximate surface area is 74.5 Å². The number of hydrogen-bond acceptors (Lipinski definition) is 5. The number of fused-ring (bicyclic) bond motifs is 1. The van der Waals surface area contributed by atoms with E-state index in [4.69, 9.17) is 5.73 Å². The molecule has 0 unspecified atom stereocenters. The van der Waals surface area contributed by atoms with E-state index in [1.54, 1.807) is 6.20 Å². The zero-order chi connectivity index (χ0) is 9.26. The first kappa shape index (κ1) is 7.96. The number of hydrazine groups is 2. The molecule has 2 heterocycles. The number of nitrogens with two attached hydrogens (primary N) is 1. The number of aliphatic imine (C=N–C) groups is 1. The lowest BCUT2D eigenvalue weighted by molar-refractivity contribution is -0.111. The highest BCUT2D eigenvalue weighted by molar-refractivity contribution is 6.46. The van der Waals surface area contributed by atoms with Crippen molar-refractivity contribution in [2.75, 3.05) is 6.54 Å². The Hall–Kier alpha value is -1.66. The van der Waals surface area contributed by atoms with Gasteiger partial charge in [-0.25, -0.2) is 10.4 Å². The highest BCUT2D eigenvalue weighted by atomic mass is 16.1. The van der Waals surface area contributed by atoms with E-state index in [0.717, 1.165) is 11.3 Å². The Balaban J connectivity index is 2.31. The molecular formula is C7H9N5O. The molecule has 68 valence electrons. The fourth-order valence-electron chi connectivity index (χ4n) is 1.21. The second kappa shape index (κ2) is 3.00. The Kier molecular flexibility index (Phi) is 1.84. The fraction of sp³-hybridized carbons (Fsp3) is 0.143. The molecule has 6 heteroatoms. The van der Waals surface area contributed by atoms with Gasteiger partial charge in [-0.1, -0.05) is 6.08 Å². The lowest BCUT2D eigenvalue weighted by Crippen LogP contribution is -2.41. The summed E-state index contributed by atoms with van der Waals surface area (Å²) in [7, 11) is 0. The summed E-state index contributed by atoms with van der Waals surface area (Å²) >= 11 is 0. The Morgan fingerprint density at radius 3 is 3.23 bits per heavy atom. The van der Waals surface area contributed by atoms with Crippen molar-refractivity contribution < 1.29 is 4.79 Å². The van der Waals surface area contributed by atoms with Crippen molar-refractivity contribution in [2.24, 2.45) is 10.7 Å². The zero-order valence-electron chi connectivity index (χ0n) is 6.79. The van der Waals surface area contributed by atoms with Crippen LogP contribution in [-0.4, -0.2) is 18.2 Å². The van der Waals surface area contributed by atoms with Gasteiger partial charge in [0.25, 0.3) is 5.91 Å². The average Bonchev–Trinajstić information content (AvgIpc) is 2.36. The zero-order valence-corrected chi connectivity index (χ0v) is 6.79. The maximum Gasteiger partial charge on any atom is 0.267 e. The standard InChI is InChI=1S/C7H9N5O/c8-7(13)6-4-1-2-10-12-11-5(4)3-9-6/h1,3,10-12H,2H2,(H2,8,13). The first-order valence-electron chi connectivity index (χ1n) is 3.81. The fourth-order valence-corrected chi connectivity index (χ4v) is 1.21. The summed E-state index contributed by atoms with van der Waals surface area (Å²) in [4.78, 5) is 14.8. The van der Waals surface area contributed by atoms with Crippen LogP contribution in [0.3, 0.4) is 0 Å². The molecule has 6 nitrogen and oxygen atoms in total. The molecule has 0 saturated heterocycles. The summed E-state index contributed by atoms with van der Waals surface area (Å²) < 4.78 is 0. The molecule has 1 amide bonds. The van der Waals surface area contributed by atoms with Crippen LogP contribution < -0.4 is 22.1 Å². The summed E-state index contributed by atoms with van der Waals surface area (Å²) in [6, 6.07) is 0. The van der Waals surface area contributed by atoms with Gasteiger partial charge in [-0.2, -0.15) is 5.53 Å². The molecule has 0 radical (unpaired) electrons. The lowest BCUT2D eigenvalue weighted by Gasteiger charge is -2.05. The van der Waals surface area contributed by atoms with Crippen LogP contribution >= 0.6 is 0 Å². The molecule has 2 rings (SSSR count). The predicted octanol–water partition coefficient (Wildman–Crippen LogP) is -1.69. The number of rotatable bonds is 1. The monoisotopic (exact) mass is 179 g/mol. The third-order valence-corrected chi connectivity index (χ3v) is 1.80. The van der Waals surface area contributed by atoms with Gasteiger partial charge in [0.2, 0.25) is 0 Å². The van der Waals surface area contributed by atoms with Gasteiger partial charge in [-0.05, 0) is 0 Å². The predicted molar refractivity (Wildman–Crippen MR) is 47.1 cm³/mol. The molecule has 13 heavy (non-hydrogen) atoms. The molecule has 5 N–H and O–H groups in total. The second-order valence-electron chi connectivity index (χ2n) is 2.63. The minimum atomic E-state index is -0.513. The number of allylic oxidation sites excluding steroid dienone is 1. The van der Waals surface area contributed by atoms with E-state index in [0.29, 0.717) is 12.3 Å². The van der Waals surface area contributed by atoms with E-state index in [1.807, 2.05) is 6.08 Å². The lowest BCUT2D eigenvalue weighted by atomic mass is 10.1. The second-order valence-corrected chi connectivity index (χ2v) is 2.63. The molecule has 2 aliphatic rings. The van der Waals surface area contributed by atoms with E-state index in [1.165, 1.54) is 0 Å². The van der Waals surface area contributed by atoms with Crippen molar-refractivity contribution in [1.82, 2.24) is 16.4 Å². The van der Waals surface area contributed by atoms with Gasteiger partial charge in [0.15, 0.2) is 0 Å². The van der Waals surface area contributed by atoms with Crippen LogP contribution in [0.5, 0.6) is 0 Å². The summed E-state index contributed by atoms with van der Waals surface area (Å²) in [5, 5.41) is 0. The van der Waals surface area contributed by atoms with Gasteiger partial charge in [0, 0.05) is 12.1 Å². The molecule has 0 aromatic rings. The Bertz CT molecular complexity index is 341. The van der Waals surface area contributed by atoms with Crippen molar-refractivity contribution >= 4 is 11.6 Å². The van der Waals surface area contributed by atoms with Gasteiger partial charge in [-0.15, -0.1) is 0 Å². The van der Waals surface area contributed by atoms with Crippen molar-refractivity contribution in [3.8, 4) is 0 Å². The van der Waals surface area contributed by atoms with E-state index in [9.17, 15) is 4.79 Å². The summed E-state index contributed by atoms with van der Waals surface area (Å²) in [5.41, 5.74) is 15.4. The SMILES string of the molecule is NC(=O)C1=NC=C2NNNCC=C21. The summed E-state index contributed by atoms with van der Waals surface area (Å²) in [6.07, 6.45) is 3.40. The molecule has 0 bridgehead atoms. The normalized spacial score (nSPS) is 20.5. The van der Waals surface area contributed by atoms with Crippen molar-refractivity contribution in [2.45, 2.75) is 0 Å². The highest BCUT2D eigenvalue weighted by Gasteiger charge is 2.22. The quantitative estimate of drug-likeness (QED) is 0.386. The molecule has 2 aliphatic heterocycles. The molecule has 0 aliphatic carbocycles. The number of hydrogen-bond donors (Lipinski definition) is 4. The van der Waals surface area contributed by atoms with Crippen molar-refractivity contribution in [3.05, 3.63) is 23.5 Å². The molecular weight excluding hydrogens is 170 g/mol. The van der Waals surface area contributed by atoms with Crippen molar-refractivity contribution in [1.29, 1.82) is 0 Å². The van der Waals surface area contributed by atoms with Crippen LogP contribution in [-0.2, 0) is 4.79 Å². The number of amides is 1. The number of carbonyl (C=O) groups excluding carboxylic acids is 1. The number of carbonyl (C=O) groups is 1. The Morgan fingerprint density at radius 2 is 2.46 bits per heavy atom. The maximum atomic E-state index is 10.9.